The predicted molar refractivity (Wildman–Crippen MR) is 61.8 cm³/mol. The van der Waals surface area contributed by atoms with Crippen molar-refractivity contribution in [3.05, 3.63) is 30.3 Å². The molecule has 0 saturated carbocycles. The average molecular weight is 237 g/mol. The standard InChI is InChI=1S/C12H15NO4/c1-9(14)13-11(12(15)16)7-8-17-10-5-3-2-4-6-10/h2-6,11H,7-8H2,1H3,(H,13,14)(H,15,16)/t11-/m0/s1. The number of nitrogens with one attached hydrogen (secondary N) is 1. The largest absolute Gasteiger partial charge is 0.494 e. The second kappa shape index (κ2) is 6.52. The van der Waals surface area contributed by atoms with Gasteiger partial charge in [0.05, 0.1) is 6.61 Å². The Morgan fingerprint density at radius 1 is 1.35 bits per heavy atom. The highest BCUT2D eigenvalue weighted by Crippen LogP contribution is 2.08. The molecule has 0 bridgehead atoms. The molecular formula is C12H15NO4. The summed E-state index contributed by atoms with van der Waals surface area (Å²) in [5.74, 6) is -0.742. The maximum Gasteiger partial charge on any atom is 0.326 e. The van der Waals surface area contributed by atoms with Crippen molar-refractivity contribution in [2.24, 2.45) is 0 Å². The molecule has 92 valence electrons. The molecule has 0 fully saturated rings. The van der Waals surface area contributed by atoms with Crippen molar-refractivity contribution in [1.29, 1.82) is 0 Å². The molecule has 0 saturated heterocycles. The molecule has 5 heteroatoms. The first-order valence-corrected chi connectivity index (χ1v) is 5.27. The predicted octanol–water partition coefficient (Wildman–Crippen LogP) is 1.04. The fourth-order valence-electron chi connectivity index (χ4n) is 1.31. The van der Waals surface area contributed by atoms with Gasteiger partial charge in [0.2, 0.25) is 5.91 Å². The van der Waals surface area contributed by atoms with Crippen molar-refractivity contribution < 1.29 is 19.4 Å². The quantitative estimate of drug-likeness (QED) is 0.775. The summed E-state index contributed by atoms with van der Waals surface area (Å²) in [4.78, 5) is 21.6. The van der Waals surface area contributed by atoms with Crippen LogP contribution in [0.25, 0.3) is 0 Å². The lowest BCUT2D eigenvalue weighted by Gasteiger charge is -2.13. The minimum atomic E-state index is -1.06. The van der Waals surface area contributed by atoms with Gasteiger partial charge in [0.1, 0.15) is 11.8 Å². The molecule has 0 spiro atoms. The van der Waals surface area contributed by atoms with E-state index in [9.17, 15) is 9.59 Å². The number of hydrogen-bond donors (Lipinski definition) is 2. The maximum absolute atomic E-state index is 10.8. The number of carbonyl (C=O) groups is 2. The van der Waals surface area contributed by atoms with Gasteiger partial charge >= 0.3 is 5.97 Å². The lowest BCUT2D eigenvalue weighted by atomic mass is 10.2. The fourth-order valence-corrected chi connectivity index (χ4v) is 1.31. The maximum atomic E-state index is 10.8. The molecule has 1 aromatic rings. The van der Waals surface area contributed by atoms with E-state index >= 15 is 0 Å². The zero-order chi connectivity index (χ0) is 12.7. The van der Waals surface area contributed by atoms with Crippen molar-refractivity contribution in [1.82, 2.24) is 5.32 Å². The summed E-state index contributed by atoms with van der Waals surface area (Å²) < 4.78 is 5.35. The molecule has 1 amide bonds. The van der Waals surface area contributed by atoms with Crippen LogP contribution < -0.4 is 10.1 Å². The third-order valence-corrected chi connectivity index (χ3v) is 2.09. The summed E-state index contributed by atoms with van der Waals surface area (Å²) in [6, 6.07) is 8.19. The Bertz CT molecular complexity index is 377. The molecule has 0 aliphatic carbocycles. The van der Waals surface area contributed by atoms with E-state index in [1.807, 2.05) is 18.2 Å². The average Bonchev–Trinajstić information content (AvgIpc) is 2.28. The van der Waals surface area contributed by atoms with Crippen LogP contribution in [-0.2, 0) is 9.59 Å². The summed E-state index contributed by atoms with van der Waals surface area (Å²) >= 11 is 0. The van der Waals surface area contributed by atoms with Gasteiger partial charge in [-0.3, -0.25) is 4.79 Å². The van der Waals surface area contributed by atoms with Crippen molar-refractivity contribution in [3.63, 3.8) is 0 Å². The zero-order valence-corrected chi connectivity index (χ0v) is 9.55. The molecule has 0 radical (unpaired) electrons. The SMILES string of the molecule is CC(=O)N[C@@H](CCOc1ccccc1)C(=O)O. The second-order valence-electron chi connectivity index (χ2n) is 3.54. The van der Waals surface area contributed by atoms with Crippen LogP contribution in [0.2, 0.25) is 0 Å². The molecule has 17 heavy (non-hydrogen) atoms. The number of carbonyl (C=O) groups excluding carboxylic acids is 1. The summed E-state index contributed by atoms with van der Waals surface area (Å²) in [6.45, 7) is 1.52. The Labute approximate surface area is 99.4 Å². The number of amides is 1. The zero-order valence-electron chi connectivity index (χ0n) is 9.55. The van der Waals surface area contributed by atoms with E-state index < -0.39 is 12.0 Å². The normalized spacial score (nSPS) is 11.6. The van der Waals surface area contributed by atoms with E-state index in [0.29, 0.717) is 5.75 Å². The molecule has 0 aromatic heterocycles. The van der Waals surface area contributed by atoms with Crippen LogP contribution in [0.3, 0.4) is 0 Å². The van der Waals surface area contributed by atoms with Crippen molar-refractivity contribution in [3.8, 4) is 5.75 Å². The summed E-state index contributed by atoms with van der Waals surface area (Å²) in [5, 5.41) is 11.2. The number of hydrogen-bond acceptors (Lipinski definition) is 3. The topological polar surface area (TPSA) is 75.6 Å². The van der Waals surface area contributed by atoms with Crippen LogP contribution in [0.1, 0.15) is 13.3 Å². The third-order valence-electron chi connectivity index (χ3n) is 2.09. The molecule has 0 unspecified atom stereocenters. The third kappa shape index (κ3) is 5.01. The van der Waals surface area contributed by atoms with Crippen LogP contribution in [0.15, 0.2) is 30.3 Å². The van der Waals surface area contributed by atoms with Gasteiger partial charge in [0.25, 0.3) is 0 Å². The Morgan fingerprint density at radius 2 is 2.00 bits per heavy atom. The lowest BCUT2D eigenvalue weighted by Crippen LogP contribution is -2.40. The monoisotopic (exact) mass is 237 g/mol. The minimum absolute atomic E-state index is 0.226. The Balaban J connectivity index is 2.37. The number of benzene rings is 1. The van der Waals surface area contributed by atoms with Gasteiger partial charge < -0.3 is 15.2 Å². The summed E-state index contributed by atoms with van der Waals surface area (Å²) in [5.41, 5.74) is 0. The highest BCUT2D eigenvalue weighted by atomic mass is 16.5. The van der Waals surface area contributed by atoms with Gasteiger partial charge in [-0.2, -0.15) is 0 Å². The molecule has 0 aliphatic rings. The fraction of sp³-hybridized carbons (Fsp3) is 0.333. The molecule has 0 aliphatic heterocycles. The first-order valence-electron chi connectivity index (χ1n) is 5.27. The van der Waals surface area contributed by atoms with Gasteiger partial charge in [-0.25, -0.2) is 4.79 Å². The van der Waals surface area contributed by atoms with Gasteiger partial charge in [0, 0.05) is 13.3 Å². The molecule has 1 atom stereocenters. The van der Waals surface area contributed by atoms with E-state index in [-0.39, 0.29) is 18.9 Å². The lowest BCUT2D eigenvalue weighted by molar-refractivity contribution is -0.141. The van der Waals surface area contributed by atoms with Gasteiger partial charge in [-0.15, -0.1) is 0 Å². The first-order chi connectivity index (χ1) is 8.09. The highest BCUT2D eigenvalue weighted by molar-refractivity contribution is 5.81. The van der Waals surface area contributed by atoms with E-state index in [4.69, 9.17) is 9.84 Å². The van der Waals surface area contributed by atoms with Crippen molar-refractivity contribution >= 4 is 11.9 Å². The number of ether oxygens (including phenoxy) is 1. The Hall–Kier alpha value is -2.04. The number of rotatable bonds is 6. The van der Waals surface area contributed by atoms with Crippen LogP contribution >= 0.6 is 0 Å². The number of para-hydroxylation sites is 1. The van der Waals surface area contributed by atoms with E-state index in [0.717, 1.165) is 0 Å². The number of carboxylic acid groups (broad SMARTS) is 1. The second-order valence-corrected chi connectivity index (χ2v) is 3.54. The van der Waals surface area contributed by atoms with Crippen molar-refractivity contribution in [2.45, 2.75) is 19.4 Å². The molecule has 0 heterocycles. The first kappa shape index (κ1) is 13.0. The van der Waals surface area contributed by atoms with Gasteiger partial charge in [-0.05, 0) is 12.1 Å². The van der Waals surface area contributed by atoms with Crippen molar-refractivity contribution in [2.75, 3.05) is 6.61 Å². The van der Waals surface area contributed by atoms with Crippen LogP contribution in [0.4, 0.5) is 0 Å². The van der Waals surface area contributed by atoms with Crippen LogP contribution in [-0.4, -0.2) is 29.6 Å². The van der Waals surface area contributed by atoms with Crippen LogP contribution in [0, 0.1) is 0 Å². The van der Waals surface area contributed by atoms with Crippen LogP contribution in [0.5, 0.6) is 5.75 Å². The van der Waals surface area contributed by atoms with Gasteiger partial charge in [0.15, 0.2) is 0 Å². The smallest absolute Gasteiger partial charge is 0.326 e. The van der Waals surface area contributed by atoms with E-state index in [2.05, 4.69) is 5.32 Å². The molecule has 2 N–H and O–H groups in total. The highest BCUT2D eigenvalue weighted by Gasteiger charge is 2.17. The number of aliphatic carboxylic acids is 1. The van der Waals surface area contributed by atoms with E-state index in [1.165, 1.54) is 6.92 Å². The Kier molecular flexibility index (Phi) is 5.00. The van der Waals surface area contributed by atoms with E-state index in [1.54, 1.807) is 12.1 Å². The molecule has 1 rings (SSSR count). The summed E-state index contributed by atoms with van der Waals surface area (Å²) in [7, 11) is 0. The Morgan fingerprint density at radius 3 is 2.53 bits per heavy atom. The minimum Gasteiger partial charge on any atom is -0.494 e. The molecular weight excluding hydrogens is 222 g/mol. The molecule has 5 nitrogen and oxygen atoms in total. The van der Waals surface area contributed by atoms with Gasteiger partial charge in [-0.1, -0.05) is 18.2 Å². The number of carboxylic acids is 1. The molecule has 1 aromatic carbocycles. The summed E-state index contributed by atoms with van der Waals surface area (Å²) in [6.07, 6.45) is 0.226.